The van der Waals surface area contributed by atoms with E-state index in [2.05, 4.69) is 23.6 Å². The van der Waals surface area contributed by atoms with Gasteiger partial charge in [0.2, 0.25) is 0 Å². The number of carbonyl (C=O) groups is 2. The van der Waals surface area contributed by atoms with Gasteiger partial charge in [0.1, 0.15) is 0 Å². The average Bonchev–Trinajstić information content (AvgIpc) is 3.17. The van der Waals surface area contributed by atoms with E-state index in [1.165, 1.54) is 11.3 Å². The molecule has 2 saturated heterocycles. The number of anilines is 1. The van der Waals surface area contributed by atoms with Gasteiger partial charge in [0, 0.05) is 45.3 Å². The van der Waals surface area contributed by atoms with E-state index < -0.39 is 5.60 Å². The normalized spacial score (nSPS) is 19.7. The molecule has 3 aliphatic heterocycles. The highest BCUT2D eigenvalue weighted by atomic mass is 16.5. The van der Waals surface area contributed by atoms with Gasteiger partial charge in [-0.05, 0) is 34.9 Å². The largest absolute Gasteiger partial charge is 0.376 e. The molecule has 3 heterocycles. The number of hydrogen-bond donors (Lipinski definition) is 2. The zero-order valence-electron chi connectivity index (χ0n) is 17.5. The van der Waals surface area contributed by atoms with E-state index in [-0.39, 0.29) is 25.0 Å². The number of hydrogen-bond acceptors (Lipinski definition) is 6. The van der Waals surface area contributed by atoms with Crippen molar-refractivity contribution in [3.63, 3.8) is 0 Å². The number of piperazine rings is 1. The Morgan fingerprint density at radius 1 is 0.968 bits per heavy atom. The molecule has 8 nitrogen and oxygen atoms in total. The van der Waals surface area contributed by atoms with E-state index in [0.717, 1.165) is 17.7 Å². The first-order valence-corrected chi connectivity index (χ1v) is 10.5. The fraction of sp³-hybridized carbons (Fsp3) is 0.391. The summed E-state index contributed by atoms with van der Waals surface area (Å²) >= 11 is 0. The van der Waals surface area contributed by atoms with Gasteiger partial charge in [0.15, 0.2) is 5.60 Å². The zero-order chi connectivity index (χ0) is 21.6. The van der Waals surface area contributed by atoms with Crippen LogP contribution >= 0.6 is 0 Å². The Morgan fingerprint density at radius 2 is 1.61 bits per heavy atom. The van der Waals surface area contributed by atoms with E-state index in [1.54, 1.807) is 9.80 Å². The number of hydrazine groups is 1. The fourth-order valence-electron chi connectivity index (χ4n) is 4.31. The standard InChI is InChI=1S/C23H26N4O4/c1-25-20-12-18(6-7-19(20)13-24-25)16-2-4-17(5-3-16)21(28)26-8-10-27(11-9-26)22(29)23(30)14-31-15-23/h2-7,12,24,30H,8-11,13-15H2,1H3. The molecule has 0 aliphatic carbocycles. The molecule has 0 bridgehead atoms. The maximum Gasteiger partial charge on any atom is 0.259 e. The lowest BCUT2D eigenvalue weighted by Crippen LogP contribution is -2.64. The Hall–Kier alpha value is -2.94. The van der Waals surface area contributed by atoms with Crippen LogP contribution in [-0.2, 0) is 16.1 Å². The highest BCUT2D eigenvalue weighted by molar-refractivity contribution is 5.95. The molecule has 8 heteroatoms. The van der Waals surface area contributed by atoms with Crippen molar-refractivity contribution in [2.24, 2.45) is 0 Å². The van der Waals surface area contributed by atoms with Gasteiger partial charge in [-0.25, -0.2) is 5.43 Å². The molecule has 0 saturated carbocycles. The van der Waals surface area contributed by atoms with Crippen LogP contribution in [0.3, 0.4) is 0 Å². The minimum atomic E-state index is -1.38. The molecular weight excluding hydrogens is 396 g/mol. The van der Waals surface area contributed by atoms with Gasteiger partial charge in [0.05, 0.1) is 18.9 Å². The summed E-state index contributed by atoms with van der Waals surface area (Å²) < 4.78 is 4.97. The summed E-state index contributed by atoms with van der Waals surface area (Å²) in [6, 6.07) is 14.1. The molecule has 0 radical (unpaired) electrons. The summed E-state index contributed by atoms with van der Waals surface area (Å²) in [5.74, 6) is -0.340. The number of fused-ring (bicyclic) bond motifs is 1. The summed E-state index contributed by atoms with van der Waals surface area (Å²) in [5, 5.41) is 12.2. The van der Waals surface area contributed by atoms with Crippen molar-refractivity contribution in [3.8, 4) is 11.1 Å². The molecule has 2 N–H and O–H groups in total. The Morgan fingerprint density at radius 3 is 2.26 bits per heavy atom. The van der Waals surface area contributed by atoms with Crippen molar-refractivity contribution < 1.29 is 19.4 Å². The molecule has 3 aliphatic rings. The highest BCUT2D eigenvalue weighted by Crippen LogP contribution is 2.30. The minimum absolute atomic E-state index is 0.0396. The number of benzene rings is 2. The van der Waals surface area contributed by atoms with Gasteiger partial charge in [-0.1, -0.05) is 24.3 Å². The lowest BCUT2D eigenvalue weighted by atomic mass is 10.00. The molecule has 162 valence electrons. The fourth-order valence-corrected chi connectivity index (χ4v) is 4.31. The maximum absolute atomic E-state index is 12.9. The summed E-state index contributed by atoms with van der Waals surface area (Å²) in [5.41, 5.74) is 7.15. The smallest absolute Gasteiger partial charge is 0.259 e. The summed E-state index contributed by atoms with van der Waals surface area (Å²) in [4.78, 5) is 28.7. The minimum Gasteiger partial charge on any atom is -0.376 e. The second-order valence-electron chi connectivity index (χ2n) is 8.42. The molecule has 0 unspecified atom stereocenters. The van der Waals surface area contributed by atoms with Crippen LogP contribution in [0.1, 0.15) is 15.9 Å². The predicted molar refractivity (Wildman–Crippen MR) is 115 cm³/mol. The van der Waals surface area contributed by atoms with Crippen LogP contribution in [0.25, 0.3) is 11.1 Å². The van der Waals surface area contributed by atoms with Gasteiger partial charge in [-0.15, -0.1) is 0 Å². The number of rotatable bonds is 3. The molecule has 0 aromatic heterocycles. The van der Waals surface area contributed by atoms with E-state index in [1.807, 2.05) is 36.3 Å². The number of nitrogens with zero attached hydrogens (tertiary/aromatic N) is 3. The monoisotopic (exact) mass is 422 g/mol. The molecule has 2 fully saturated rings. The number of nitrogens with one attached hydrogen (secondary N) is 1. The zero-order valence-corrected chi connectivity index (χ0v) is 17.5. The Labute approximate surface area is 181 Å². The first kappa shape index (κ1) is 20.0. The van der Waals surface area contributed by atoms with Crippen molar-refractivity contribution in [3.05, 3.63) is 53.6 Å². The Bertz CT molecular complexity index is 1010. The third-order valence-electron chi connectivity index (χ3n) is 6.35. The van der Waals surface area contributed by atoms with Crippen LogP contribution < -0.4 is 10.4 Å². The van der Waals surface area contributed by atoms with Gasteiger partial charge in [0.25, 0.3) is 11.8 Å². The first-order valence-electron chi connectivity index (χ1n) is 10.5. The number of amides is 2. The Balaban J connectivity index is 1.23. The lowest BCUT2D eigenvalue weighted by Gasteiger charge is -2.42. The summed E-state index contributed by atoms with van der Waals surface area (Å²) in [6.45, 7) is 2.68. The predicted octanol–water partition coefficient (Wildman–Crippen LogP) is 0.854. The molecule has 2 amide bonds. The average molecular weight is 422 g/mol. The van der Waals surface area contributed by atoms with Crippen LogP contribution in [0.2, 0.25) is 0 Å². The van der Waals surface area contributed by atoms with E-state index in [9.17, 15) is 14.7 Å². The van der Waals surface area contributed by atoms with Gasteiger partial charge >= 0.3 is 0 Å². The van der Waals surface area contributed by atoms with E-state index >= 15 is 0 Å². The van der Waals surface area contributed by atoms with Crippen molar-refractivity contribution in [1.29, 1.82) is 0 Å². The summed E-state index contributed by atoms with van der Waals surface area (Å²) in [6.07, 6.45) is 0. The number of carbonyl (C=O) groups excluding carboxylic acids is 2. The second kappa shape index (κ2) is 7.64. The first-order chi connectivity index (χ1) is 14.9. The molecule has 0 spiro atoms. The second-order valence-corrected chi connectivity index (χ2v) is 8.42. The molecule has 0 atom stereocenters. The Kier molecular flexibility index (Phi) is 4.92. The molecule has 2 aromatic carbocycles. The van der Waals surface area contributed by atoms with Crippen LogP contribution in [0.5, 0.6) is 0 Å². The molecule has 2 aromatic rings. The van der Waals surface area contributed by atoms with Gasteiger partial charge in [-0.2, -0.15) is 0 Å². The van der Waals surface area contributed by atoms with Crippen LogP contribution in [0.4, 0.5) is 5.69 Å². The van der Waals surface area contributed by atoms with Crippen molar-refractivity contribution >= 4 is 17.5 Å². The van der Waals surface area contributed by atoms with E-state index in [4.69, 9.17) is 4.74 Å². The SMILES string of the molecule is CN1NCc2ccc(-c3ccc(C(=O)N4CCN(C(=O)C5(O)COC5)CC4)cc3)cc21. The maximum atomic E-state index is 12.9. The summed E-state index contributed by atoms with van der Waals surface area (Å²) in [7, 11) is 2.01. The topological polar surface area (TPSA) is 85.4 Å². The van der Waals surface area contributed by atoms with E-state index in [0.29, 0.717) is 31.7 Å². The quantitative estimate of drug-likeness (QED) is 0.763. The third kappa shape index (κ3) is 3.56. The van der Waals surface area contributed by atoms with Crippen LogP contribution in [-0.4, -0.2) is 78.8 Å². The number of aliphatic hydroxyl groups is 1. The number of ether oxygens (including phenoxy) is 1. The van der Waals surface area contributed by atoms with Crippen LogP contribution in [0.15, 0.2) is 42.5 Å². The van der Waals surface area contributed by atoms with Crippen molar-refractivity contribution in [2.45, 2.75) is 12.1 Å². The third-order valence-corrected chi connectivity index (χ3v) is 6.35. The lowest BCUT2D eigenvalue weighted by molar-refractivity contribution is -0.201. The molecule has 5 rings (SSSR count). The van der Waals surface area contributed by atoms with Gasteiger partial charge in [-0.3, -0.25) is 9.59 Å². The van der Waals surface area contributed by atoms with Crippen LogP contribution in [0, 0.1) is 0 Å². The highest BCUT2D eigenvalue weighted by Gasteiger charge is 2.46. The van der Waals surface area contributed by atoms with Gasteiger partial charge < -0.3 is 24.7 Å². The molecule has 31 heavy (non-hydrogen) atoms. The molecular formula is C23H26N4O4. The van der Waals surface area contributed by atoms with Crippen molar-refractivity contribution in [2.75, 3.05) is 51.4 Å². The van der Waals surface area contributed by atoms with Crippen molar-refractivity contribution in [1.82, 2.24) is 15.2 Å².